The van der Waals surface area contributed by atoms with Gasteiger partial charge in [0.1, 0.15) is 0 Å². The summed E-state index contributed by atoms with van der Waals surface area (Å²) in [6.45, 7) is 5.48. The number of hydrogen-bond donors (Lipinski definition) is 1. The van der Waals surface area contributed by atoms with Crippen LogP contribution in [0, 0.1) is 0 Å². The first kappa shape index (κ1) is 17.1. The molecule has 2 N–H and O–H groups in total. The lowest BCUT2D eigenvalue weighted by Gasteiger charge is -2.33. The second-order valence-electron chi connectivity index (χ2n) is 5.16. The van der Waals surface area contributed by atoms with Crippen molar-refractivity contribution in [1.29, 1.82) is 0 Å². The summed E-state index contributed by atoms with van der Waals surface area (Å²) in [6.07, 6.45) is 0.623. The van der Waals surface area contributed by atoms with Crippen molar-refractivity contribution in [3.8, 4) is 0 Å². The quantitative estimate of drug-likeness (QED) is 0.879. The predicted octanol–water partition coefficient (Wildman–Crippen LogP) is 1.14. The summed E-state index contributed by atoms with van der Waals surface area (Å²) < 4.78 is 48.9. The maximum atomic E-state index is 12.5. The molecule has 0 aromatic heterocycles. The Balaban J connectivity index is 3.38. The van der Waals surface area contributed by atoms with Crippen molar-refractivity contribution < 1.29 is 16.8 Å². The molecule has 8 heteroatoms. The summed E-state index contributed by atoms with van der Waals surface area (Å²) in [4.78, 5) is -0.311. The summed E-state index contributed by atoms with van der Waals surface area (Å²) in [5.74, 6) is 0. The van der Waals surface area contributed by atoms with E-state index in [4.69, 9.17) is 5.14 Å². The fourth-order valence-corrected chi connectivity index (χ4v) is 3.77. The molecule has 6 nitrogen and oxygen atoms in total. The van der Waals surface area contributed by atoms with Gasteiger partial charge in [0.05, 0.1) is 9.79 Å². The fraction of sp³-hybridized carbons (Fsp3) is 0.500. The number of benzene rings is 1. The number of hydrogen-bond acceptors (Lipinski definition) is 4. The van der Waals surface area contributed by atoms with Crippen molar-refractivity contribution in [2.75, 3.05) is 7.05 Å². The van der Waals surface area contributed by atoms with Crippen LogP contribution in [-0.4, -0.2) is 33.7 Å². The molecule has 0 aliphatic carbocycles. The van der Waals surface area contributed by atoms with E-state index in [9.17, 15) is 16.8 Å². The molecule has 0 unspecified atom stereocenters. The smallest absolute Gasteiger partial charge is 0.225 e. The fourth-order valence-electron chi connectivity index (χ4n) is 1.52. The van der Waals surface area contributed by atoms with Crippen molar-refractivity contribution in [2.45, 2.75) is 42.5 Å². The third-order valence-corrected chi connectivity index (χ3v) is 6.49. The van der Waals surface area contributed by atoms with Crippen LogP contribution in [0.5, 0.6) is 0 Å². The van der Waals surface area contributed by atoms with Gasteiger partial charge in [-0.05, 0) is 38.5 Å². The van der Waals surface area contributed by atoms with Gasteiger partial charge in [-0.2, -0.15) is 4.31 Å². The molecule has 1 aromatic carbocycles. The third kappa shape index (κ3) is 3.38. The molecule has 0 amide bonds. The molecule has 0 aliphatic rings. The monoisotopic (exact) mass is 320 g/mol. The van der Waals surface area contributed by atoms with Gasteiger partial charge in [-0.3, -0.25) is 0 Å². The van der Waals surface area contributed by atoms with E-state index in [0.29, 0.717) is 6.42 Å². The van der Waals surface area contributed by atoms with Gasteiger partial charge in [0.25, 0.3) is 0 Å². The van der Waals surface area contributed by atoms with Crippen LogP contribution < -0.4 is 5.14 Å². The van der Waals surface area contributed by atoms with Crippen LogP contribution in [0.3, 0.4) is 0 Å². The number of nitrogens with zero attached hydrogens (tertiary/aromatic N) is 1. The zero-order valence-electron chi connectivity index (χ0n) is 12.0. The second-order valence-corrected chi connectivity index (χ2v) is 8.69. The van der Waals surface area contributed by atoms with E-state index in [2.05, 4.69) is 0 Å². The minimum atomic E-state index is -3.94. The Kier molecular flexibility index (Phi) is 4.65. The van der Waals surface area contributed by atoms with Gasteiger partial charge < -0.3 is 0 Å². The molecule has 0 saturated heterocycles. The van der Waals surface area contributed by atoms with E-state index >= 15 is 0 Å². The largest absolute Gasteiger partial charge is 0.243 e. The highest BCUT2D eigenvalue weighted by atomic mass is 32.2. The summed E-state index contributed by atoms with van der Waals surface area (Å²) in [7, 11) is -6.24. The Labute approximate surface area is 120 Å². The molecule has 1 rings (SSSR count). The Morgan fingerprint density at radius 2 is 1.65 bits per heavy atom. The molecule has 0 atom stereocenters. The maximum absolute atomic E-state index is 12.5. The molecule has 0 saturated carbocycles. The van der Waals surface area contributed by atoms with Crippen LogP contribution in [0.1, 0.15) is 27.2 Å². The molecule has 0 radical (unpaired) electrons. The van der Waals surface area contributed by atoms with Gasteiger partial charge in [0.15, 0.2) is 0 Å². The zero-order valence-corrected chi connectivity index (χ0v) is 13.6. The van der Waals surface area contributed by atoms with E-state index in [-0.39, 0.29) is 9.79 Å². The van der Waals surface area contributed by atoms with Gasteiger partial charge >= 0.3 is 0 Å². The average molecular weight is 320 g/mol. The zero-order chi connectivity index (χ0) is 15.8. The first-order chi connectivity index (χ1) is 8.93. The van der Waals surface area contributed by atoms with Gasteiger partial charge in [0, 0.05) is 12.6 Å². The standard InChI is InChI=1S/C12H20N2O4S2/c1-5-12(2,3)14(4)20(17,18)11-8-6-7-10(9-11)19(13,15)16/h6-9H,5H2,1-4H3,(H2,13,15,16). The summed E-state index contributed by atoms with van der Waals surface area (Å²) in [6, 6.07) is 5.05. The molecule has 1 aromatic rings. The molecule has 0 spiro atoms. The van der Waals surface area contributed by atoms with Crippen LogP contribution in [-0.2, 0) is 20.0 Å². The molecule has 114 valence electrons. The third-order valence-electron chi connectivity index (χ3n) is 3.51. The Hall–Kier alpha value is -0.960. The lowest BCUT2D eigenvalue weighted by atomic mass is 10.0. The average Bonchev–Trinajstić information content (AvgIpc) is 2.37. The molecular weight excluding hydrogens is 300 g/mol. The van der Waals surface area contributed by atoms with Crippen LogP contribution in [0.4, 0.5) is 0 Å². The van der Waals surface area contributed by atoms with Gasteiger partial charge in [0.2, 0.25) is 20.0 Å². The number of primary sulfonamides is 1. The maximum Gasteiger partial charge on any atom is 0.243 e. The van der Waals surface area contributed by atoms with E-state index in [1.54, 1.807) is 13.8 Å². The summed E-state index contributed by atoms with van der Waals surface area (Å²) >= 11 is 0. The van der Waals surface area contributed by atoms with E-state index in [1.807, 2.05) is 6.92 Å². The van der Waals surface area contributed by atoms with Gasteiger partial charge in [-0.1, -0.05) is 13.0 Å². The van der Waals surface area contributed by atoms with Crippen molar-refractivity contribution in [2.24, 2.45) is 5.14 Å². The molecule has 0 aliphatic heterocycles. The number of sulfonamides is 2. The first-order valence-corrected chi connectivity index (χ1v) is 9.03. The lowest BCUT2D eigenvalue weighted by Crippen LogP contribution is -2.44. The molecular formula is C12H20N2O4S2. The topological polar surface area (TPSA) is 97.5 Å². The van der Waals surface area contributed by atoms with Crippen LogP contribution in [0.25, 0.3) is 0 Å². The normalized spacial score (nSPS) is 13.7. The van der Waals surface area contributed by atoms with Crippen LogP contribution in [0.2, 0.25) is 0 Å². The van der Waals surface area contributed by atoms with Gasteiger partial charge in [-0.15, -0.1) is 0 Å². The SMILES string of the molecule is CCC(C)(C)N(C)S(=O)(=O)c1cccc(S(N)(=O)=O)c1. The molecule has 0 heterocycles. The number of rotatable bonds is 5. The molecule has 0 bridgehead atoms. The molecule has 20 heavy (non-hydrogen) atoms. The van der Waals surface area contributed by atoms with Crippen LogP contribution >= 0.6 is 0 Å². The summed E-state index contributed by atoms with van der Waals surface area (Å²) in [5.41, 5.74) is -0.573. The van der Waals surface area contributed by atoms with Crippen LogP contribution in [0.15, 0.2) is 34.1 Å². The molecule has 0 fully saturated rings. The van der Waals surface area contributed by atoms with E-state index in [0.717, 1.165) is 6.07 Å². The van der Waals surface area contributed by atoms with E-state index < -0.39 is 25.6 Å². The van der Waals surface area contributed by atoms with Crippen molar-refractivity contribution in [3.05, 3.63) is 24.3 Å². The first-order valence-electron chi connectivity index (χ1n) is 6.05. The Morgan fingerprint density at radius 1 is 1.15 bits per heavy atom. The highest BCUT2D eigenvalue weighted by Gasteiger charge is 2.33. The highest BCUT2D eigenvalue weighted by molar-refractivity contribution is 7.90. The van der Waals surface area contributed by atoms with Crippen molar-refractivity contribution in [1.82, 2.24) is 4.31 Å². The predicted molar refractivity (Wildman–Crippen MR) is 77.1 cm³/mol. The Bertz CT molecular complexity index is 694. The Morgan fingerprint density at radius 3 is 2.10 bits per heavy atom. The second kappa shape index (κ2) is 5.44. The minimum absolute atomic E-state index is 0.0898. The summed E-state index contributed by atoms with van der Waals surface area (Å²) in [5, 5.41) is 5.02. The highest BCUT2D eigenvalue weighted by Crippen LogP contribution is 2.26. The lowest BCUT2D eigenvalue weighted by molar-refractivity contribution is 0.257. The van der Waals surface area contributed by atoms with Gasteiger partial charge in [-0.25, -0.2) is 22.0 Å². The van der Waals surface area contributed by atoms with Crippen molar-refractivity contribution >= 4 is 20.0 Å². The number of nitrogens with two attached hydrogens (primary N) is 1. The van der Waals surface area contributed by atoms with E-state index in [1.165, 1.54) is 29.6 Å². The van der Waals surface area contributed by atoms with Crippen molar-refractivity contribution in [3.63, 3.8) is 0 Å². The minimum Gasteiger partial charge on any atom is -0.225 e.